The molecule has 0 aliphatic heterocycles. The Hall–Kier alpha value is -1.68. The molecule has 0 aliphatic carbocycles. The molecule has 0 bridgehead atoms. The summed E-state index contributed by atoms with van der Waals surface area (Å²) in [6.45, 7) is 3.57. The van der Waals surface area contributed by atoms with E-state index >= 15 is 0 Å². The minimum Gasteiger partial charge on any atom is -0.468 e. The molecule has 0 heterocycles. The number of benzene rings is 1. The Morgan fingerprint density at radius 1 is 1.21 bits per heavy atom. The maximum absolute atomic E-state index is 11.8. The first-order valence-corrected chi connectivity index (χ1v) is 6.26. The number of Topliss-reactive ketones (excluding diaryl/α,β-unsaturated/α-hetero) is 1. The molecule has 0 radical (unpaired) electrons. The zero-order chi connectivity index (χ0) is 14.5. The molecule has 1 rings (SSSR count). The van der Waals surface area contributed by atoms with Crippen LogP contribution in [-0.4, -0.2) is 30.6 Å². The van der Waals surface area contributed by atoms with Crippen molar-refractivity contribution in [3.8, 4) is 0 Å². The van der Waals surface area contributed by atoms with Gasteiger partial charge >= 0.3 is 5.97 Å². The van der Waals surface area contributed by atoms with Crippen molar-refractivity contribution < 1.29 is 19.4 Å². The van der Waals surface area contributed by atoms with Crippen LogP contribution in [0, 0.1) is 0 Å². The number of esters is 1. The van der Waals surface area contributed by atoms with E-state index in [-0.39, 0.29) is 18.4 Å². The first-order chi connectivity index (χ1) is 8.93. The van der Waals surface area contributed by atoms with Crippen LogP contribution in [0.25, 0.3) is 0 Å². The van der Waals surface area contributed by atoms with Crippen LogP contribution < -0.4 is 0 Å². The minimum atomic E-state index is -0.735. The lowest BCUT2D eigenvalue weighted by Crippen LogP contribution is -2.30. The first kappa shape index (κ1) is 15.4. The third kappa shape index (κ3) is 3.64. The number of hydrogen-bond acceptors (Lipinski definition) is 4. The zero-order valence-electron chi connectivity index (χ0n) is 11.6. The number of rotatable bonds is 6. The molecule has 1 aromatic rings. The average Bonchev–Trinajstić information content (AvgIpc) is 2.43. The molecule has 1 aromatic carbocycles. The number of hydrogen-bond donors (Lipinski definition) is 1. The van der Waals surface area contributed by atoms with Gasteiger partial charge in [0.1, 0.15) is 0 Å². The first-order valence-electron chi connectivity index (χ1n) is 6.26. The molecule has 1 N–H and O–H groups in total. The van der Waals surface area contributed by atoms with Crippen LogP contribution in [0.2, 0.25) is 0 Å². The molecule has 0 spiro atoms. The van der Waals surface area contributed by atoms with Gasteiger partial charge in [-0.15, -0.1) is 0 Å². The van der Waals surface area contributed by atoms with Gasteiger partial charge in [0.15, 0.2) is 5.78 Å². The summed E-state index contributed by atoms with van der Waals surface area (Å²) in [7, 11) is 1.36. The Bertz CT molecular complexity index is 446. The van der Waals surface area contributed by atoms with E-state index < -0.39 is 5.41 Å². The highest BCUT2D eigenvalue weighted by Crippen LogP contribution is 2.25. The predicted molar refractivity (Wildman–Crippen MR) is 72.1 cm³/mol. The van der Waals surface area contributed by atoms with Crippen LogP contribution in [0.1, 0.15) is 42.6 Å². The van der Waals surface area contributed by atoms with Gasteiger partial charge in [-0.05, 0) is 25.8 Å². The zero-order valence-corrected chi connectivity index (χ0v) is 11.6. The predicted octanol–water partition coefficient (Wildman–Crippen LogP) is 2.09. The summed E-state index contributed by atoms with van der Waals surface area (Å²) < 4.78 is 4.77. The molecule has 19 heavy (non-hydrogen) atoms. The van der Waals surface area contributed by atoms with Gasteiger partial charge in [-0.1, -0.05) is 24.3 Å². The Morgan fingerprint density at radius 2 is 1.79 bits per heavy atom. The Morgan fingerprint density at radius 3 is 2.26 bits per heavy atom. The minimum absolute atomic E-state index is 0.00326. The standard InChI is InChI=1S/C15H20O4/c1-15(2,14(18)19-3)12-8-6-11(7-9-12)13(17)5-4-10-16/h6-9,16H,4-5,10H2,1-3H3. The Kier molecular flexibility index (Phi) is 5.24. The van der Waals surface area contributed by atoms with Gasteiger partial charge in [-0.25, -0.2) is 0 Å². The molecule has 0 aromatic heterocycles. The number of carbonyl (C=O) groups excluding carboxylic acids is 2. The summed E-state index contributed by atoms with van der Waals surface area (Å²) in [6, 6.07) is 6.95. The molecular formula is C15H20O4. The quantitative estimate of drug-likeness (QED) is 0.631. The third-order valence-corrected chi connectivity index (χ3v) is 3.19. The van der Waals surface area contributed by atoms with Gasteiger partial charge in [0.2, 0.25) is 0 Å². The van der Waals surface area contributed by atoms with Gasteiger partial charge in [-0.2, -0.15) is 0 Å². The number of methoxy groups -OCH3 is 1. The Balaban J connectivity index is 2.87. The monoisotopic (exact) mass is 264 g/mol. The number of ether oxygens (including phenoxy) is 1. The van der Waals surface area contributed by atoms with Gasteiger partial charge in [0, 0.05) is 18.6 Å². The summed E-state index contributed by atoms with van der Waals surface area (Å²) in [5.74, 6) is -0.316. The second-order valence-electron chi connectivity index (χ2n) is 4.94. The normalized spacial score (nSPS) is 11.2. The highest BCUT2D eigenvalue weighted by molar-refractivity contribution is 5.96. The average molecular weight is 264 g/mol. The van der Waals surface area contributed by atoms with Crippen LogP contribution in [0.5, 0.6) is 0 Å². The molecule has 0 atom stereocenters. The summed E-state index contributed by atoms with van der Waals surface area (Å²) in [5, 5.41) is 8.70. The van der Waals surface area contributed by atoms with Crippen LogP contribution in [0.3, 0.4) is 0 Å². The summed E-state index contributed by atoms with van der Waals surface area (Å²) >= 11 is 0. The van der Waals surface area contributed by atoms with Crippen LogP contribution in [0.4, 0.5) is 0 Å². The number of aliphatic hydroxyl groups is 1. The van der Waals surface area contributed by atoms with Crippen molar-refractivity contribution in [3.05, 3.63) is 35.4 Å². The molecule has 0 aliphatic rings. The van der Waals surface area contributed by atoms with E-state index in [0.717, 1.165) is 5.56 Å². The maximum atomic E-state index is 11.8. The van der Waals surface area contributed by atoms with E-state index in [0.29, 0.717) is 18.4 Å². The third-order valence-electron chi connectivity index (χ3n) is 3.19. The smallest absolute Gasteiger partial charge is 0.315 e. The van der Waals surface area contributed by atoms with Crippen molar-refractivity contribution in [2.75, 3.05) is 13.7 Å². The maximum Gasteiger partial charge on any atom is 0.315 e. The second kappa shape index (κ2) is 6.48. The molecule has 0 unspecified atom stereocenters. The topological polar surface area (TPSA) is 63.6 Å². The van der Waals surface area contributed by atoms with Crippen molar-refractivity contribution in [2.45, 2.75) is 32.1 Å². The van der Waals surface area contributed by atoms with Gasteiger partial charge in [-0.3, -0.25) is 9.59 Å². The van der Waals surface area contributed by atoms with Gasteiger partial charge < -0.3 is 9.84 Å². The van der Waals surface area contributed by atoms with Crippen molar-refractivity contribution in [1.82, 2.24) is 0 Å². The van der Waals surface area contributed by atoms with E-state index in [1.165, 1.54) is 7.11 Å². The van der Waals surface area contributed by atoms with Crippen molar-refractivity contribution in [3.63, 3.8) is 0 Å². The lowest BCUT2D eigenvalue weighted by Gasteiger charge is -2.22. The highest BCUT2D eigenvalue weighted by atomic mass is 16.5. The van der Waals surface area contributed by atoms with Gasteiger partial charge in [0.25, 0.3) is 0 Å². The number of aliphatic hydroxyl groups excluding tert-OH is 1. The van der Waals surface area contributed by atoms with E-state index in [1.54, 1.807) is 38.1 Å². The summed E-state index contributed by atoms with van der Waals surface area (Å²) in [6.07, 6.45) is 0.796. The van der Waals surface area contributed by atoms with Crippen LogP contribution >= 0.6 is 0 Å². The van der Waals surface area contributed by atoms with Crippen LogP contribution in [0.15, 0.2) is 24.3 Å². The lowest BCUT2D eigenvalue weighted by molar-refractivity contribution is -0.146. The molecule has 0 saturated carbocycles. The Labute approximate surface area is 113 Å². The lowest BCUT2D eigenvalue weighted by atomic mass is 9.84. The molecule has 104 valence electrons. The largest absolute Gasteiger partial charge is 0.468 e. The fourth-order valence-electron chi connectivity index (χ4n) is 1.83. The number of ketones is 1. The van der Waals surface area contributed by atoms with E-state index in [2.05, 4.69) is 0 Å². The molecule has 4 nitrogen and oxygen atoms in total. The molecule has 0 saturated heterocycles. The van der Waals surface area contributed by atoms with Gasteiger partial charge in [0.05, 0.1) is 12.5 Å². The summed E-state index contributed by atoms with van der Waals surface area (Å²) in [5.41, 5.74) is 0.664. The van der Waals surface area contributed by atoms with Crippen molar-refractivity contribution in [1.29, 1.82) is 0 Å². The van der Waals surface area contributed by atoms with Crippen molar-refractivity contribution >= 4 is 11.8 Å². The highest BCUT2D eigenvalue weighted by Gasteiger charge is 2.30. The van der Waals surface area contributed by atoms with Crippen LogP contribution in [-0.2, 0) is 14.9 Å². The molecular weight excluding hydrogens is 244 g/mol. The molecule has 0 amide bonds. The SMILES string of the molecule is COC(=O)C(C)(C)c1ccc(C(=O)CCCO)cc1. The van der Waals surface area contributed by atoms with E-state index in [4.69, 9.17) is 9.84 Å². The van der Waals surface area contributed by atoms with E-state index in [9.17, 15) is 9.59 Å². The summed E-state index contributed by atoms with van der Waals surface area (Å²) in [4.78, 5) is 23.4. The van der Waals surface area contributed by atoms with Crippen molar-refractivity contribution in [2.24, 2.45) is 0 Å². The number of carbonyl (C=O) groups is 2. The van der Waals surface area contributed by atoms with E-state index in [1.807, 2.05) is 0 Å². The second-order valence-corrected chi connectivity index (χ2v) is 4.94. The fraction of sp³-hybridized carbons (Fsp3) is 0.467. The molecule has 0 fully saturated rings. The fourth-order valence-corrected chi connectivity index (χ4v) is 1.83. The molecule has 4 heteroatoms.